The number of rotatable bonds is 5. The van der Waals surface area contributed by atoms with Gasteiger partial charge in [-0.05, 0) is 47.9 Å². The fraction of sp³-hybridized carbons (Fsp3) is 0.444. The highest BCUT2D eigenvalue weighted by molar-refractivity contribution is 7.09. The van der Waals surface area contributed by atoms with Gasteiger partial charge in [-0.15, -0.1) is 11.3 Å². The summed E-state index contributed by atoms with van der Waals surface area (Å²) in [6.45, 7) is 6.77. The molecule has 0 aliphatic rings. The predicted molar refractivity (Wildman–Crippen MR) is 89.6 cm³/mol. The molecule has 0 aliphatic carbocycles. The maximum atomic E-state index is 3.44. The van der Waals surface area contributed by atoms with Crippen LogP contribution in [0.3, 0.4) is 0 Å². The highest BCUT2D eigenvalue weighted by Gasteiger charge is 2.15. The first-order chi connectivity index (χ1) is 9.50. The monoisotopic (exact) mass is 287 g/mol. The maximum absolute atomic E-state index is 3.44. The summed E-state index contributed by atoms with van der Waals surface area (Å²) in [6.07, 6.45) is 2.29. The summed E-state index contributed by atoms with van der Waals surface area (Å²) < 4.78 is 0. The maximum Gasteiger partial charge on any atom is 0.0320 e. The van der Waals surface area contributed by atoms with Crippen LogP contribution < -0.4 is 5.32 Å². The quantitative estimate of drug-likeness (QED) is 0.821. The Bertz CT molecular complexity index is 505. The van der Waals surface area contributed by atoms with Gasteiger partial charge in [0.05, 0.1) is 0 Å². The minimum absolute atomic E-state index is 0.227. The van der Waals surface area contributed by atoms with Crippen molar-refractivity contribution < 1.29 is 0 Å². The van der Waals surface area contributed by atoms with Crippen molar-refractivity contribution in [3.8, 4) is 0 Å². The fourth-order valence-corrected chi connectivity index (χ4v) is 3.16. The van der Waals surface area contributed by atoms with E-state index in [4.69, 9.17) is 0 Å². The van der Waals surface area contributed by atoms with Crippen LogP contribution in [-0.2, 0) is 11.8 Å². The molecule has 1 nitrogen and oxygen atoms in total. The van der Waals surface area contributed by atoms with Gasteiger partial charge in [-0.2, -0.15) is 0 Å². The Morgan fingerprint density at radius 1 is 1.10 bits per heavy atom. The van der Waals surface area contributed by atoms with Gasteiger partial charge >= 0.3 is 0 Å². The van der Waals surface area contributed by atoms with Gasteiger partial charge < -0.3 is 5.32 Å². The molecule has 0 bridgehead atoms. The SMILES string of the molecule is CNC(CCc1cccs1)c1ccc(C(C)(C)C)cc1. The molecule has 2 aromatic rings. The third-order valence-electron chi connectivity index (χ3n) is 3.79. The number of hydrogen-bond acceptors (Lipinski definition) is 2. The first-order valence-electron chi connectivity index (χ1n) is 7.31. The van der Waals surface area contributed by atoms with Gasteiger partial charge in [0.2, 0.25) is 0 Å². The van der Waals surface area contributed by atoms with Crippen LogP contribution >= 0.6 is 11.3 Å². The zero-order valence-electron chi connectivity index (χ0n) is 12.9. The normalized spacial score (nSPS) is 13.4. The molecule has 0 amide bonds. The van der Waals surface area contributed by atoms with Crippen molar-refractivity contribution in [2.75, 3.05) is 7.05 Å². The van der Waals surface area contributed by atoms with E-state index >= 15 is 0 Å². The Kier molecular flexibility index (Phi) is 5.00. The second kappa shape index (κ2) is 6.55. The van der Waals surface area contributed by atoms with E-state index in [9.17, 15) is 0 Å². The van der Waals surface area contributed by atoms with E-state index in [-0.39, 0.29) is 5.41 Å². The van der Waals surface area contributed by atoms with Gasteiger partial charge in [-0.1, -0.05) is 51.1 Å². The largest absolute Gasteiger partial charge is 0.313 e. The number of thiophene rings is 1. The zero-order valence-corrected chi connectivity index (χ0v) is 13.8. The van der Waals surface area contributed by atoms with Crippen molar-refractivity contribution in [3.05, 3.63) is 57.8 Å². The van der Waals surface area contributed by atoms with Crippen molar-refractivity contribution in [1.82, 2.24) is 5.32 Å². The van der Waals surface area contributed by atoms with E-state index in [2.05, 4.69) is 74.9 Å². The van der Waals surface area contributed by atoms with E-state index < -0.39 is 0 Å². The molecule has 2 rings (SSSR count). The molecular weight excluding hydrogens is 262 g/mol. The van der Waals surface area contributed by atoms with E-state index in [0.717, 1.165) is 12.8 Å². The molecule has 0 spiro atoms. The summed E-state index contributed by atoms with van der Waals surface area (Å²) in [6, 6.07) is 13.9. The summed E-state index contributed by atoms with van der Waals surface area (Å²) in [4.78, 5) is 1.47. The smallest absolute Gasteiger partial charge is 0.0320 e. The van der Waals surface area contributed by atoms with Crippen LogP contribution in [0.2, 0.25) is 0 Å². The fourth-order valence-electron chi connectivity index (χ4n) is 2.43. The van der Waals surface area contributed by atoms with Gasteiger partial charge in [0.15, 0.2) is 0 Å². The van der Waals surface area contributed by atoms with Crippen LogP contribution in [0.25, 0.3) is 0 Å². The topological polar surface area (TPSA) is 12.0 Å². The summed E-state index contributed by atoms with van der Waals surface area (Å²) in [5.74, 6) is 0. The molecule has 20 heavy (non-hydrogen) atoms. The molecule has 0 saturated carbocycles. The molecule has 1 heterocycles. The van der Waals surface area contributed by atoms with E-state index in [1.807, 2.05) is 11.3 Å². The number of nitrogens with one attached hydrogen (secondary N) is 1. The molecular formula is C18H25NS. The lowest BCUT2D eigenvalue weighted by Crippen LogP contribution is -2.17. The van der Waals surface area contributed by atoms with Crippen molar-refractivity contribution in [2.45, 2.75) is 45.1 Å². The minimum atomic E-state index is 0.227. The van der Waals surface area contributed by atoms with Gasteiger partial charge in [0, 0.05) is 10.9 Å². The molecule has 0 saturated heterocycles. The van der Waals surface area contributed by atoms with E-state index in [0.29, 0.717) is 6.04 Å². The highest BCUT2D eigenvalue weighted by atomic mass is 32.1. The molecule has 0 radical (unpaired) electrons. The molecule has 1 atom stereocenters. The molecule has 2 heteroatoms. The minimum Gasteiger partial charge on any atom is -0.313 e. The Morgan fingerprint density at radius 3 is 2.30 bits per heavy atom. The van der Waals surface area contributed by atoms with Crippen molar-refractivity contribution in [3.63, 3.8) is 0 Å². The molecule has 0 fully saturated rings. The Balaban J connectivity index is 2.04. The average Bonchev–Trinajstić information content (AvgIpc) is 2.92. The van der Waals surface area contributed by atoms with Gasteiger partial charge in [-0.25, -0.2) is 0 Å². The van der Waals surface area contributed by atoms with Crippen molar-refractivity contribution >= 4 is 11.3 Å². The van der Waals surface area contributed by atoms with Gasteiger partial charge in [0.1, 0.15) is 0 Å². The third-order valence-corrected chi connectivity index (χ3v) is 4.72. The lowest BCUT2D eigenvalue weighted by molar-refractivity contribution is 0.549. The molecule has 108 valence electrons. The highest BCUT2D eigenvalue weighted by Crippen LogP contribution is 2.26. The molecule has 1 aromatic carbocycles. The Hall–Kier alpha value is -1.12. The Morgan fingerprint density at radius 2 is 1.80 bits per heavy atom. The molecule has 0 aliphatic heterocycles. The summed E-state index contributed by atoms with van der Waals surface area (Å²) >= 11 is 1.85. The van der Waals surface area contributed by atoms with Crippen molar-refractivity contribution in [2.24, 2.45) is 0 Å². The van der Waals surface area contributed by atoms with Crippen LogP contribution in [-0.4, -0.2) is 7.05 Å². The van der Waals surface area contributed by atoms with Gasteiger partial charge in [0.25, 0.3) is 0 Å². The van der Waals surface area contributed by atoms with Crippen molar-refractivity contribution in [1.29, 1.82) is 0 Å². The number of aryl methyl sites for hydroxylation is 1. The van der Waals surface area contributed by atoms with Crippen LogP contribution in [0, 0.1) is 0 Å². The van der Waals surface area contributed by atoms with Crippen LogP contribution in [0.4, 0.5) is 0 Å². The molecule has 1 unspecified atom stereocenters. The van der Waals surface area contributed by atoms with Gasteiger partial charge in [-0.3, -0.25) is 0 Å². The van der Waals surface area contributed by atoms with E-state index in [1.54, 1.807) is 0 Å². The number of hydrogen-bond donors (Lipinski definition) is 1. The summed E-state index contributed by atoms with van der Waals surface area (Å²) in [5.41, 5.74) is 3.01. The second-order valence-electron chi connectivity index (χ2n) is 6.33. The summed E-state index contributed by atoms with van der Waals surface area (Å²) in [5, 5.41) is 5.60. The third kappa shape index (κ3) is 3.94. The number of benzene rings is 1. The first kappa shape index (κ1) is 15.3. The summed E-state index contributed by atoms with van der Waals surface area (Å²) in [7, 11) is 2.05. The van der Waals surface area contributed by atoms with Crippen LogP contribution in [0.15, 0.2) is 41.8 Å². The second-order valence-corrected chi connectivity index (χ2v) is 7.36. The Labute approximate surface area is 127 Å². The van der Waals surface area contributed by atoms with Crippen LogP contribution in [0.1, 0.15) is 49.2 Å². The standard InChI is InChI=1S/C18H25NS/c1-18(2,3)15-9-7-14(8-10-15)17(19-4)12-11-16-6-5-13-20-16/h5-10,13,17,19H,11-12H2,1-4H3. The average molecular weight is 287 g/mol. The first-order valence-corrected chi connectivity index (χ1v) is 8.19. The molecule has 1 aromatic heterocycles. The zero-order chi connectivity index (χ0) is 14.6. The molecule has 1 N–H and O–H groups in total. The van der Waals surface area contributed by atoms with E-state index in [1.165, 1.54) is 16.0 Å². The lowest BCUT2D eigenvalue weighted by Gasteiger charge is -2.21. The van der Waals surface area contributed by atoms with Crippen LogP contribution in [0.5, 0.6) is 0 Å². The lowest BCUT2D eigenvalue weighted by atomic mass is 9.86. The predicted octanol–water partition coefficient (Wildman–Crippen LogP) is 4.94.